The van der Waals surface area contributed by atoms with E-state index in [9.17, 15) is 4.79 Å². The summed E-state index contributed by atoms with van der Waals surface area (Å²) >= 11 is 0. The Balaban J connectivity index is 2.29. The second-order valence-corrected chi connectivity index (χ2v) is 3.98. The highest BCUT2D eigenvalue weighted by Gasteiger charge is 2.27. The Morgan fingerprint density at radius 3 is 2.85 bits per heavy atom. The molecule has 4 heteroatoms. The van der Waals surface area contributed by atoms with Crippen LogP contribution in [-0.4, -0.2) is 37.9 Å². The topological polar surface area (TPSA) is 47.6 Å². The van der Waals surface area contributed by atoms with Crippen LogP contribution >= 0.6 is 0 Å². The molecule has 1 rings (SSSR count). The fraction of sp³-hybridized carbons (Fsp3) is 0.889. The summed E-state index contributed by atoms with van der Waals surface area (Å²) in [5, 5.41) is 3.31. The van der Waals surface area contributed by atoms with E-state index in [0.717, 1.165) is 0 Å². The lowest BCUT2D eigenvalue weighted by Gasteiger charge is -2.35. The molecule has 1 saturated heterocycles. The van der Waals surface area contributed by atoms with Crippen molar-refractivity contribution in [3.8, 4) is 0 Å². The lowest BCUT2D eigenvalue weighted by atomic mass is 10.0. The first-order valence-electron chi connectivity index (χ1n) is 4.47. The molecule has 1 heterocycles. The molecule has 0 aromatic carbocycles. The Labute approximate surface area is 78.6 Å². The molecule has 1 aliphatic rings. The van der Waals surface area contributed by atoms with Gasteiger partial charge in [0.05, 0.1) is 26.2 Å². The number of morpholine rings is 1. The minimum atomic E-state index is -0.216. The Kier molecular flexibility index (Phi) is 3.27. The van der Waals surface area contributed by atoms with E-state index < -0.39 is 0 Å². The zero-order valence-electron chi connectivity index (χ0n) is 8.42. The molecule has 0 aromatic heterocycles. The highest BCUT2D eigenvalue weighted by molar-refractivity contribution is 5.69. The van der Waals surface area contributed by atoms with Gasteiger partial charge in [0.25, 0.3) is 0 Å². The van der Waals surface area contributed by atoms with E-state index in [1.165, 1.54) is 7.11 Å². The van der Waals surface area contributed by atoms with Crippen molar-refractivity contribution in [2.45, 2.75) is 31.9 Å². The van der Waals surface area contributed by atoms with Gasteiger partial charge >= 0.3 is 5.97 Å². The fourth-order valence-corrected chi connectivity index (χ4v) is 1.23. The standard InChI is InChI=1S/C9H17NO3/c1-9(2)6-13-7(5-10-9)4-8(11)12-3/h7,10H,4-6H2,1-3H3. The van der Waals surface area contributed by atoms with Gasteiger partial charge < -0.3 is 14.8 Å². The third kappa shape index (κ3) is 3.32. The van der Waals surface area contributed by atoms with E-state index in [1.54, 1.807) is 0 Å². The normalized spacial score (nSPS) is 26.8. The number of carbonyl (C=O) groups excluding carboxylic acids is 1. The van der Waals surface area contributed by atoms with E-state index in [4.69, 9.17) is 4.74 Å². The predicted octanol–water partition coefficient (Wildman–Crippen LogP) is 0.316. The number of rotatable bonds is 2. The summed E-state index contributed by atoms with van der Waals surface area (Å²) in [5.41, 5.74) is 0.0205. The molecule has 0 saturated carbocycles. The predicted molar refractivity (Wildman–Crippen MR) is 48.5 cm³/mol. The number of carbonyl (C=O) groups is 1. The molecule has 0 radical (unpaired) electrons. The van der Waals surface area contributed by atoms with Crippen LogP contribution in [0.15, 0.2) is 0 Å². The van der Waals surface area contributed by atoms with Crippen molar-refractivity contribution in [3.63, 3.8) is 0 Å². The van der Waals surface area contributed by atoms with Gasteiger partial charge in [0, 0.05) is 12.1 Å². The molecule has 1 atom stereocenters. The smallest absolute Gasteiger partial charge is 0.308 e. The molecule has 0 aliphatic carbocycles. The number of methoxy groups -OCH3 is 1. The fourth-order valence-electron chi connectivity index (χ4n) is 1.23. The van der Waals surface area contributed by atoms with Crippen molar-refractivity contribution in [3.05, 3.63) is 0 Å². The summed E-state index contributed by atoms with van der Waals surface area (Å²) in [6, 6.07) is 0. The third-order valence-electron chi connectivity index (χ3n) is 2.11. The number of ether oxygens (including phenoxy) is 2. The van der Waals surface area contributed by atoms with E-state index in [-0.39, 0.29) is 17.6 Å². The molecular formula is C9H17NO3. The van der Waals surface area contributed by atoms with Crippen molar-refractivity contribution in [2.75, 3.05) is 20.3 Å². The van der Waals surface area contributed by atoms with Gasteiger partial charge in [0.2, 0.25) is 0 Å². The molecule has 0 amide bonds. The van der Waals surface area contributed by atoms with Crippen molar-refractivity contribution in [1.29, 1.82) is 0 Å². The zero-order valence-corrected chi connectivity index (χ0v) is 8.42. The number of nitrogens with one attached hydrogen (secondary N) is 1. The zero-order chi connectivity index (χ0) is 9.90. The van der Waals surface area contributed by atoms with Crippen LogP contribution in [0.3, 0.4) is 0 Å². The largest absolute Gasteiger partial charge is 0.469 e. The molecule has 76 valence electrons. The first kappa shape index (κ1) is 10.5. The Morgan fingerprint density at radius 1 is 1.69 bits per heavy atom. The summed E-state index contributed by atoms with van der Waals surface area (Å²) in [7, 11) is 1.39. The van der Waals surface area contributed by atoms with Crippen LogP contribution in [0.5, 0.6) is 0 Å². The molecule has 1 fully saturated rings. The van der Waals surface area contributed by atoms with Crippen molar-refractivity contribution in [1.82, 2.24) is 5.32 Å². The van der Waals surface area contributed by atoms with Gasteiger partial charge in [-0.1, -0.05) is 0 Å². The molecule has 13 heavy (non-hydrogen) atoms. The molecule has 0 spiro atoms. The second kappa shape index (κ2) is 4.07. The maximum Gasteiger partial charge on any atom is 0.308 e. The van der Waals surface area contributed by atoms with E-state index in [0.29, 0.717) is 19.6 Å². The average Bonchev–Trinajstić information content (AvgIpc) is 2.08. The number of hydrogen-bond donors (Lipinski definition) is 1. The maximum atomic E-state index is 10.9. The summed E-state index contributed by atoms with van der Waals surface area (Å²) < 4.78 is 10.1. The van der Waals surface area contributed by atoms with Gasteiger partial charge in [-0.3, -0.25) is 4.79 Å². The van der Waals surface area contributed by atoms with Crippen molar-refractivity contribution in [2.24, 2.45) is 0 Å². The second-order valence-electron chi connectivity index (χ2n) is 3.98. The third-order valence-corrected chi connectivity index (χ3v) is 2.11. The summed E-state index contributed by atoms with van der Waals surface area (Å²) in [6.45, 7) is 5.49. The van der Waals surface area contributed by atoms with Gasteiger partial charge in [0.1, 0.15) is 0 Å². The summed E-state index contributed by atoms with van der Waals surface area (Å²) in [5.74, 6) is -0.216. The highest BCUT2D eigenvalue weighted by Crippen LogP contribution is 2.13. The van der Waals surface area contributed by atoms with E-state index >= 15 is 0 Å². The van der Waals surface area contributed by atoms with Crippen molar-refractivity contribution < 1.29 is 14.3 Å². The van der Waals surface area contributed by atoms with Crippen LogP contribution in [-0.2, 0) is 14.3 Å². The Hall–Kier alpha value is -0.610. The van der Waals surface area contributed by atoms with Gasteiger partial charge in [-0.15, -0.1) is 0 Å². The number of esters is 1. The van der Waals surface area contributed by atoms with Gasteiger partial charge in [-0.05, 0) is 13.8 Å². The van der Waals surface area contributed by atoms with Crippen LogP contribution in [0.1, 0.15) is 20.3 Å². The van der Waals surface area contributed by atoms with Crippen LogP contribution < -0.4 is 5.32 Å². The van der Waals surface area contributed by atoms with Crippen LogP contribution in [0.4, 0.5) is 0 Å². The van der Waals surface area contributed by atoms with E-state index in [2.05, 4.69) is 23.9 Å². The molecular weight excluding hydrogens is 170 g/mol. The molecule has 1 N–H and O–H groups in total. The lowest BCUT2D eigenvalue weighted by Crippen LogP contribution is -2.53. The van der Waals surface area contributed by atoms with Gasteiger partial charge in [0.15, 0.2) is 0 Å². The maximum absolute atomic E-state index is 10.9. The monoisotopic (exact) mass is 187 g/mol. The SMILES string of the molecule is COC(=O)CC1CNC(C)(C)CO1. The summed E-state index contributed by atoms with van der Waals surface area (Å²) in [6.07, 6.45) is 0.292. The lowest BCUT2D eigenvalue weighted by molar-refractivity contribution is -0.145. The molecule has 0 aromatic rings. The van der Waals surface area contributed by atoms with E-state index in [1.807, 2.05) is 0 Å². The minimum absolute atomic E-state index is 0.0205. The molecule has 1 aliphatic heterocycles. The Morgan fingerprint density at radius 2 is 2.38 bits per heavy atom. The molecule has 4 nitrogen and oxygen atoms in total. The van der Waals surface area contributed by atoms with Crippen LogP contribution in [0.25, 0.3) is 0 Å². The molecule has 1 unspecified atom stereocenters. The summed E-state index contributed by atoms with van der Waals surface area (Å²) in [4.78, 5) is 10.9. The Bertz CT molecular complexity index is 181. The first-order chi connectivity index (χ1) is 6.03. The van der Waals surface area contributed by atoms with Gasteiger partial charge in [-0.25, -0.2) is 0 Å². The van der Waals surface area contributed by atoms with Crippen molar-refractivity contribution >= 4 is 5.97 Å². The average molecular weight is 187 g/mol. The van der Waals surface area contributed by atoms with Gasteiger partial charge in [-0.2, -0.15) is 0 Å². The molecule has 0 bridgehead atoms. The highest BCUT2D eigenvalue weighted by atomic mass is 16.5. The minimum Gasteiger partial charge on any atom is -0.469 e. The number of hydrogen-bond acceptors (Lipinski definition) is 4. The first-order valence-corrected chi connectivity index (χ1v) is 4.47. The van der Waals surface area contributed by atoms with Crippen LogP contribution in [0.2, 0.25) is 0 Å². The quantitative estimate of drug-likeness (QED) is 0.632. The van der Waals surface area contributed by atoms with Crippen LogP contribution in [0, 0.1) is 0 Å².